The number of aliphatic hydroxyl groups excluding tert-OH is 1. The van der Waals surface area contributed by atoms with Gasteiger partial charge in [-0.15, -0.1) is 0 Å². The number of halogens is 2. The summed E-state index contributed by atoms with van der Waals surface area (Å²) in [5, 5.41) is 27.7. The number of aliphatic hydroxyl groups is 1. The van der Waals surface area contributed by atoms with Gasteiger partial charge in [-0.1, -0.05) is 18.5 Å². The largest absolute Gasteiger partial charge is 0.479 e. The Hall–Kier alpha value is -3.75. The minimum absolute atomic E-state index is 0.0215. The molecule has 0 aromatic carbocycles. The first kappa shape index (κ1) is 25.3. The van der Waals surface area contributed by atoms with Crippen molar-refractivity contribution in [1.29, 1.82) is 5.26 Å². The lowest BCUT2D eigenvalue weighted by atomic mass is 9.94. The SMILES string of the molecule is CC(=NC1CCN(C#N)CC1C)/C(=N\N)c1cc(OC(CO)c2ccc(F)cn2)c2c(Cl)cnn2c1. The van der Waals surface area contributed by atoms with E-state index in [1.165, 1.54) is 22.8 Å². The summed E-state index contributed by atoms with van der Waals surface area (Å²) in [5.74, 6) is 5.80. The second kappa shape index (κ2) is 10.9. The van der Waals surface area contributed by atoms with Gasteiger partial charge in [0.1, 0.15) is 22.8 Å². The molecular weight excluding hydrogens is 487 g/mol. The molecule has 1 saturated heterocycles. The molecule has 3 aromatic heterocycles. The van der Waals surface area contributed by atoms with Crippen LogP contribution in [0.3, 0.4) is 0 Å². The Morgan fingerprint density at radius 3 is 2.89 bits per heavy atom. The van der Waals surface area contributed by atoms with Crippen LogP contribution in [0.2, 0.25) is 5.02 Å². The van der Waals surface area contributed by atoms with Gasteiger partial charge < -0.3 is 20.6 Å². The summed E-state index contributed by atoms with van der Waals surface area (Å²) in [7, 11) is 0. The van der Waals surface area contributed by atoms with Crippen LogP contribution in [0.5, 0.6) is 5.75 Å². The summed E-state index contributed by atoms with van der Waals surface area (Å²) in [6, 6.07) is 4.40. The van der Waals surface area contributed by atoms with E-state index in [1.54, 1.807) is 17.2 Å². The monoisotopic (exact) mass is 512 g/mol. The topological polar surface area (TPSA) is 137 Å². The van der Waals surface area contributed by atoms with Gasteiger partial charge in [0.2, 0.25) is 0 Å². The summed E-state index contributed by atoms with van der Waals surface area (Å²) >= 11 is 6.37. The second-order valence-corrected chi connectivity index (χ2v) is 9.05. The van der Waals surface area contributed by atoms with Gasteiger partial charge in [0.05, 0.1) is 41.5 Å². The van der Waals surface area contributed by atoms with Crippen LogP contribution in [0.15, 0.2) is 46.9 Å². The lowest BCUT2D eigenvalue weighted by molar-refractivity contribution is 0.114. The van der Waals surface area contributed by atoms with Crippen molar-refractivity contribution in [2.75, 3.05) is 19.7 Å². The van der Waals surface area contributed by atoms with E-state index >= 15 is 0 Å². The number of fused-ring (bicyclic) bond motifs is 1. The van der Waals surface area contributed by atoms with E-state index in [9.17, 15) is 14.8 Å². The molecule has 1 aliphatic rings. The molecule has 12 heteroatoms. The highest BCUT2D eigenvalue weighted by Crippen LogP contribution is 2.32. The van der Waals surface area contributed by atoms with E-state index in [2.05, 4.69) is 28.3 Å². The third-order valence-electron chi connectivity index (χ3n) is 6.15. The first-order chi connectivity index (χ1) is 17.3. The van der Waals surface area contributed by atoms with Crippen molar-refractivity contribution in [3.63, 3.8) is 0 Å². The van der Waals surface area contributed by atoms with Crippen molar-refractivity contribution in [3.05, 3.63) is 58.9 Å². The smallest absolute Gasteiger partial charge is 0.179 e. The van der Waals surface area contributed by atoms with Gasteiger partial charge in [-0.05, 0) is 37.5 Å². The number of likely N-dealkylation sites (tertiary alicyclic amines) is 1. The molecule has 1 fully saturated rings. The van der Waals surface area contributed by atoms with Gasteiger partial charge in [-0.2, -0.15) is 15.5 Å². The number of hydrazone groups is 1. The molecule has 3 unspecified atom stereocenters. The zero-order valence-electron chi connectivity index (χ0n) is 19.8. The molecule has 0 bridgehead atoms. The maximum atomic E-state index is 13.3. The summed E-state index contributed by atoms with van der Waals surface area (Å²) < 4.78 is 21.0. The summed E-state index contributed by atoms with van der Waals surface area (Å²) in [6.07, 6.45) is 6.30. The summed E-state index contributed by atoms with van der Waals surface area (Å²) in [4.78, 5) is 10.6. The Labute approximate surface area is 212 Å². The van der Waals surface area contributed by atoms with E-state index < -0.39 is 18.5 Å². The molecule has 188 valence electrons. The predicted octanol–water partition coefficient (Wildman–Crippen LogP) is 2.95. The number of piperidine rings is 1. The lowest BCUT2D eigenvalue weighted by Gasteiger charge is -2.32. The van der Waals surface area contributed by atoms with E-state index in [4.69, 9.17) is 27.2 Å². The molecule has 3 atom stereocenters. The molecule has 0 spiro atoms. The van der Waals surface area contributed by atoms with Crippen molar-refractivity contribution in [3.8, 4) is 11.9 Å². The van der Waals surface area contributed by atoms with Gasteiger partial charge in [-0.25, -0.2) is 8.91 Å². The predicted molar refractivity (Wildman–Crippen MR) is 133 cm³/mol. The average Bonchev–Trinajstić information content (AvgIpc) is 3.25. The zero-order valence-corrected chi connectivity index (χ0v) is 20.6. The van der Waals surface area contributed by atoms with Crippen LogP contribution >= 0.6 is 11.6 Å². The summed E-state index contributed by atoms with van der Waals surface area (Å²) in [5.41, 5.74) is 2.46. The maximum Gasteiger partial charge on any atom is 0.179 e. The number of rotatable bonds is 7. The van der Waals surface area contributed by atoms with Crippen LogP contribution in [0, 0.1) is 23.2 Å². The normalized spacial score (nSPS) is 19.8. The third-order valence-corrected chi connectivity index (χ3v) is 6.43. The fraction of sp³-hybridized carbons (Fsp3) is 0.375. The molecule has 0 radical (unpaired) electrons. The third kappa shape index (κ3) is 5.24. The highest BCUT2D eigenvalue weighted by Gasteiger charge is 2.26. The van der Waals surface area contributed by atoms with E-state index in [0.717, 1.165) is 12.6 Å². The van der Waals surface area contributed by atoms with Crippen LogP contribution in [0.4, 0.5) is 4.39 Å². The van der Waals surface area contributed by atoms with Crippen molar-refractivity contribution >= 4 is 28.5 Å². The van der Waals surface area contributed by atoms with Gasteiger partial charge in [0.25, 0.3) is 0 Å². The fourth-order valence-electron chi connectivity index (χ4n) is 4.29. The zero-order chi connectivity index (χ0) is 25.8. The van der Waals surface area contributed by atoms with Crippen molar-refractivity contribution < 1.29 is 14.2 Å². The lowest BCUT2D eigenvalue weighted by Crippen LogP contribution is -2.39. The highest BCUT2D eigenvalue weighted by atomic mass is 35.5. The minimum Gasteiger partial charge on any atom is -0.479 e. The van der Waals surface area contributed by atoms with Crippen molar-refractivity contribution in [2.24, 2.45) is 21.9 Å². The number of ether oxygens (including phenoxy) is 1. The van der Waals surface area contributed by atoms with Gasteiger partial charge >= 0.3 is 0 Å². The molecule has 36 heavy (non-hydrogen) atoms. The van der Waals surface area contributed by atoms with Gasteiger partial charge in [-0.3, -0.25) is 9.98 Å². The van der Waals surface area contributed by atoms with E-state index in [-0.39, 0.29) is 12.0 Å². The highest BCUT2D eigenvalue weighted by molar-refractivity contribution is 6.47. The quantitative estimate of drug-likeness (QED) is 0.215. The van der Waals surface area contributed by atoms with Gasteiger partial charge in [0.15, 0.2) is 12.3 Å². The average molecular weight is 513 g/mol. The Morgan fingerprint density at radius 1 is 1.44 bits per heavy atom. The molecule has 0 amide bonds. The number of hydrogen-bond donors (Lipinski definition) is 2. The van der Waals surface area contributed by atoms with Crippen LogP contribution in [-0.2, 0) is 0 Å². The number of nitrogens with zero attached hydrogens (tertiary/aromatic N) is 7. The Balaban J connectivity index is 1.69. The minimum atomic E-state index is -0.880. The molecule has 1 aliphatic heterocycles. The number of pyridine rings is 2. The molecule has 4 heterocycles. The molecule has 3 N–H and O–H groups in total. The Bertz CT molecular complexity index is 1330. The number of aliphatic imine (C=N–C) groups is 1. The van der Waals surface area contributed by atoms with Crippen molar-refractivity contribution in [2.45, 2.75) is 32.4 Å². The molecule has 4 rings (SSSR count). The second-order valence-electron chi connectivity index (χ2n) is 8.64. The molecule has 3 aromatic rings. The van der Waals surface area contributed by atoms with E-state index in [0.29, 0.717) is 52.1 Å². The first-order valence-electron chi connectivity index (χ1n) is 11.4. The number of hydrogen-bond acceptors (Lipinski definition) is 9. The summed E-state index contributed by atoms with van der Waals surface area (Å²) in [6.45, 7) is 4.77. The van der Waals surface area contributed by atoms with E-state index in [1.807, 2.05) is 6.92 Å². The molecule has 0 saturated carbocycles. The Morgan fingerprint density at radius 2 is 2.25 bits per heavy atom. The van der Waals surface area contributed by atoms with Crippen LogP contribution in [0.25, 0.3) is 5.52 Å². The van der Waals surface area contributed by atoms with Crippen LogP contribution in [0.1, 0.15) is 37.6 Å². The van der Waals surface area contributed by atoms with Crippen LogP contribution < -0.4 is 10.6 Å². The Kier molecular flexibility index (Phi) is 7.67. The van der Waals surface area contributed by atoms with Gasteiger partial charge in [0, 0.05) is 24.8 Å². The van der Waals surface area contributed by atoms with Crippen molar-refractivity contribution in [1.82, 2.24) is 19.5 Å². The molecular formula is C24H26ClFN8O2. The first-order valence-corrected chi connectivity index (χ1v) is 11.8. The number of aromatic nitrogens is 3. The fourth-order valence-corrected chi connectivity index (χ4v) is 4.52. The number of nitriles is 1. The standard InChI is InChI=1S/C24H26ClFN8O2/c1-14-10-33(13-27)6-5-19(14)31-15(2)23(32-28)16-7-21(24-18(25)9-30-34(24)11-16)36-22(12-35)20-4-3-17(26)8-29-20/h3-4,7-9,11,14,19,22,35H,5-6,10,12,28H2,1-2H3/b31-15?,32-23+. The molecule has 10 nitrogen and oxygen atoms in total. The maximum absolute atomic E-state index is 13.3. The van der Waals surface area contributed by atoms with Crippen LogP contribution in [-0.4, -0.2) is 61.8 Å². The number of nitrogens with two attached hydrogens (primary N) is 1. The molecule has 0 aliphatic carbocycles.